The molecule has 0 saturated heterocycles. The molecule has 2 aromatic rings. The fourth-order valence-corrected chi connectivity index (χ4v) is 1.98. The van der Waals surface area contributed by atoms with Crippen molar-refractivity contribution in [1.82, 2.24) is 0 Å². The number of hydrogen-bond acceptors (Lipinski definition) is 4. The normalized spacial score (nSPS) is 10.7. The van der Waals surface area contributed by atoms with Crippen LogP contribution < -0.4 is 5.32 Å². The van der Waals surface area contributed by atoms with E-state index >= 15 is 0 Å². The van der Waals surface area contributed by atoms with Crippen LogP contribution in [0.4, 0.5) is 5.69 Å². The van der Waals surface area contributed by atoms with Crippen LogP contribution >= 0.6 is 12.6 Å². The minimum atomic E-state index is -0.331. The van der Waals surface area contributed by atoms with Gasteiger partial charge in [-0.3, -0.25) is 0 Å². The third-order valence-electron chi connectivity index (χ3n) is 2.94. The molecule has 0 bridgehead atoms. The molecular formula is C16H17NO2S. The minimum absolute atomic E-state index is 0.331. The summed E-state index contributed by atoms with van der Waals surface area (Å²) in [5.41, 5.74) is 4.46. The number of fused-ring (bicyclic) bond motifs is 1. The molecule has 3 rings (SSSR count). The van der Waals surface area contributed by atoms with Crippen molar-refractivity contribution in [3.8, 4) is 0 Å². The average molecular weight is 287 g/mol. The Kier molecular flexibility index (Phi) is 5.07. The predicted octanol–water partition coefficient (Wildman–Crippen LogP) is 3.36. The van der Waals surface area contributed by atoms with Crippen molar-refractivity contribution in [1.29, 1.82) is 0 Å². The molecule has 0 atom stereocenters. The van der Waals surface area contributed by atoms with Gasteiger partial charge in [0, 0.05) is 5.69 Å². The third-order valence-corrected chi connectivity index (χ3v) is 3.10. The highest BCUT2D eigenvalue weighted by molar-refractivity contribution is 7.80. The zero-order chi connectivity index (χ0) is 14.4. The van der Waals surface area contributed by atoms with Crippen LogP contribution in [-0.2, 0) is 11.2 Å². The van der Waals surface area contributed by atoms with Crippen LogP contribution in [0.1, 0.15) is 21.5 Å². The highest BCUT2D eigenvalue weighted by Gasteiger charge is 2.12. The molecule has 0 radical (unpaired) electrons. The molecule has 1 N–H and O–H groups in total. The Bertz CT molecular complexity index is 578. The van der Waals surface area contributed by atoms with Gasteiger partial charge in [0.05, 0.1) is 18.6 Å². The van der Waals surface area contributed by atoms with Gasteiger partial charge in [0.15, 0.2) is 0 Å². The lowest BCUT2D eigenvalue weighted by Gasteiger charge is -2.04. The fraction of sp³-hybridized carbons (Fsp3) is 0.188. The van der Waals surface area contributed by atoms with Crippen LogP contribution in [0.15, 0.2) is 48.5 Å². The number of methoxy groups -OCH3 is 1. The number of nitrogens with one attached hydrogen (secondary N) is 1. The summed E-state index contributed by atoms with van der Waals surface area (Å²) in [6.45, 7) is 0. The van der Waals surface area contributed by atoms with Crippen molar-refractivity contribution in [2.24, 2.45) is 0 Å². The molecule has 0 aromatic heterocycles. The molecule has 3 nitrogen and oxygen atoms in total. The van der Waals surface area contributed by atoms with E-state index in [1.54, 1.807) is 18.2 Å². The highest BCUT2D eigenvalue weighted by Crippen LogP contribution is 2.25. The molecule has 0 amide bonds. The van der Waals surface area contributed by atoms with E-state index in [0.717, 1.165) is 5.69 Å². The molecule has 2 aromatic carbocycles. The fourth-order valence-electron chi connectivity index (χ4n) is 1.80. The Morgan fingerprint density at radius 3 is 2.45 bits per heavy atom. The SMILES string of the molecule is COC(=O)c1cccc(NCS)c1.c1ccc2c(c1)C2. The predicted molar refractivity (Wildman–Crippen MR) is 84.5 cm³/mol. The summed E-state index contributed by atoms with van der Waals surface area (Å²) in [6.07, 6.45) is 1.24. The molecule has 104 valence electrons. The Morgan fingerprint density at radius 1 is 1.20 bits per heavy atom. The van der Waals surface area contributed by atoms with Crippen molar-refractivity contribution in [3.05, 3.63) is 65.2 Å². The van der Waals surface area contributed by atoms with E-state index in [9.17, 15) is 4.79 Å². The molecule has 0 spiro atoms. The van der Waals surface area contributed by atoms with Gasteiger partial charge in [-0.1, -0.05) is 30.3 Å². The van der Waals surface area contributed by atoms with Gasteiger partial charge in [-0.05, 0) is 35.7 Å². The number of benzene rings is 2. The van der Waals surface area contributed by atoms with E-state index < -0.39 is 0 Å². The van der Waals surface area contributed by atoms with Gasteiger partial charge >= 0.3 is 5.97 Å². The first kappa shape index (κ1) is 14.5. The molecule has 0 fully saturated rings. The maximum absolute atomic E-state index is 11.1. The summed E-state index contributed by atoms with van der Waals surface area (Å²) >= 11 is 4.01. The summed E-state index contributed by atoms with van der Waals surface area (Å²) in [5.74, 6) is 0.202. The number of rotatable bonds is 3. The molecule has 1 aliphatic rings. The van der Waals surface area contributed by atoms with E-state index in [1.165, 1.54) is 24.7 Å². The monoisotopic (exact) mass is 287 g/mol. The average Bonchev–Trinajstić information content (AvgIpc) is 3.27. The van der Waals surface area contributed by atoms with E-state index in [-0.39, 0.29) is 5.97 Å². The molecule has 1 aliphatic carbocycles. The van der Waals surface area contributed by atoms with Crippen molar-refractivity contribution in [2.75, 3.05) is 18.3 Å². The minimum Gasteiger partial charge on any atom is -0.465 e. The van der Waals surface area contributed by atoms with Crippen LogP contribution in [0.5, 0.6) is 0 Å². The lowest BCUT2D eigenvalue weighted by atomic mass is 10.2. The molecule has 0 heterocycles. The van der Waals surface area contributed by atoms with Crippen LogP contribution in [0.2, 0.25) is 0 Å². The second kappa shape index (κ2) is 7.01. The maximum Gasteiger partial charge on any atom is 0.337 e. The van der Waals surface area contributed by atoms with E-state index in [0.29, 0.717) is 11.4 Å². The summed E-state index contributed by atoms with van der Waals surface area (Å²) in [4.78, 5) is 11.1. The van der Waals surface area contributed by atoms with Crippen molar-refractivity contribution < 1.29 is 9.53 Å². The largest absolute Gasteiger partial charge is 0.465 e. The summed E-state index contributed by atoms with van der Waals surface area (Å²) < 4.78 is 4.58. The molecular weight excluding hydrogens is 270 g/mol. The van der Waals surface area contributed by atoms with Gasteiger partial charge in [0.2, 0.25) is 0 Å². The smallest absolute Gasteiger partial charge is 0.337 e. The molecule has 0 saturated carbocycles. The second-order valence-corrected chi connectivity index (χ2v) is 4.67. The summed E-state index contributed by atoms with van der Waals surface area (Å²) in [5, 5.41) is 2.98. The number of ether oxygens (including phenoxy) is 1. The summed E-state index contributed by atoms with van der Waals surface area (Å²) in [6, 6.07) is 15.6. The number of anilines is 1. The third kappa shape index (κ3) is 4.03. The Labute approximate surface area is 124 Å². The number of hydrogen-bond donors (Lipinski definition) is 2. The van der Waals surface area contributed by atoms with Gasteiger partial charge < -0.3 is 10.1 Å². The van der Waals surface area contributed by atoms with Crippen LogP contribution in [0, 0.1) is 0 Å². The molecule has 0 aliphatic heterocycles. The number of thiol groups is 1. The van der Waals surface area contributed by atoms with Gasteiger partial charge in [0.1, 0.15) is 0 Å². The Balaban J connectivity index is 0.000000173. The first-order valence-electron chi connectivity index (χ1n) is 6.34. The topological polar surface area (TPSA) is 38.3 Å². The summed E-state index contributed by atoms with van der Waals surface area (Å²) in [7, 11) is 1.36. The number of carbonyl (C=O) groups is 1. The first-order valence-corrected chi connectivity index (χ1v) is 6.97. The maximum atomic E-state index is 11.1. The standard InChI is InChI=1S/C9H11NO2S.C7H6/c1-12-9(11)7-3-2-4-8(5-7)10-6-13;1-2-4-7-5-6(7)3-1/h2-5,10,13H,6H2,1H3;1-4H,5H2. The number of esters is 1. The molecule has 0 unspecified atom stereocenters. The Morgan fingerprint density at radius 2 is 1.90 bits per heavy atom. The lowest BCUT2D eigenvalue weighted by Crippen LogP contribution is -2.02. The van der Waals surface area contributed by atoms with Crippen molar-refractivity contribution in [3.63, 3.8) is 0 Å². The van der Waals surface area contributed by atoms with Crippen LogP contribution in [0.3, 0.4) is 0 Å². The first-order chi connectivity index (χ1) is 9.74. The zero-order valence-electron chi connectivity index (χ0n) is 11.3. The van der Waals surface area contributed by atoms with E-state index in [4.69, 9.17) is 0 Å². The zero-order valence-corrected chi connectivity index (χ0v) is 12.2. The van der Waals surface area contributed by atoms with Crippen LogP contribution in [-0.4, -0.2) is 19.0 Å². The van der Waals surface area contributed by atoms with Crippen LogP contribution in [0.25, 0.3) is 0 Å². The van der Waals surface area contributed by atoms with Gasteiger partial charge in [-0.25, -0.2) is 4.79 Å². The van der Waals surface area contributed by atoms with E-state index in [1.807, 2.05) is 6.07 Å². The number of carbonyl (C=O) groups excluding carboxylic acids is 1. The van der Waals surface area contributed by atoms with Gasteiger partial charge in [0.25, 0.3) is 0 Å². The van der Waals surface area contributed by atoms with Crippen molar-refractivity contribution >= 4 is 24.3 Å². The molecule has 20 heavy (non-hydrogen) atoms. The van der Waals surface area contributed by atoms with Gasteiger partial charge in [-0.15, -0.1) is 0 Å². The second-order valence-electron chi connectivity index (χ2n) is 4.35. The lowest BCUT2D eigenvalue weighted by molar-refractivity contribution is 0.0601. The quantitative estimate of drug-likeness (QED) is 0.441. The van der Waals surface area contributed by atoms with E-state index in [2.05, 4.69) is 46.9 Å². The van der Waals surface area contributed by atoms with Crippen molar-refractivity contribution in [2.45, 2.75) is 6.42 Å². The Hall–Kier alpha value is -1.94. The molecule has 4 heteroatoms. The highest BCUT2D eigenvalue weighted by atomic mass is 32.1. The van der Waals surface area contributed by atoms with Gasteiger partial charge in [-0.2, -0.15) is 12.6 Å².